The van der Waals surface area contributed by atoms with Gasteiger partial charge in [-0.3, -0.25) is 0 Å². The third kappa shape index (κ3) is 1.64. The minimum absolute atomic E-state index is 0.218. The van der Waals surface area contributed by atoms with Crippen LogP contribution >= 0.6 is 15.9 Å². The molecule has 0 aromatic carbocycles. The van der Waals surface area contributed by atoms with Gasteiger partial charge in [-0.05, 0) is 15.9 Å². The fourth-order valence-corrected chi connectivity index (χ4v) is 1.29. The molecule has 0 amide bonds. The van der Waals surface area contributed by atoms with Gasteiger partial charge in [0.1, 0.15) is 12.0 Å². The van der Waals surface area contributed by atoms with E-state index in [1.54, 1.807) is 6.20 Å². The van der Waals surface area contributed by atoms with Crippen LogP contribution in [0.4, 0.5) is 0 Å². The van der Waals surface area contributed by atoms with Crippen LogP contribution in [0.2, 0.25) is 0 Å². The lowest BCUT2D eigenvalue weighted by Crippen LogP contribution is -1.95. The van der Waals surface area contributed by atoms with Crippen molar-refractivity contribution in [3.8, 4) is 11.6 Å². The fourth-order valence-electron chi connectivity index (χ4n) is 0.902. The molecule has 0 saturated carbocycles. The average Bonchev–Trinajstić information content (AvgIpc) is 2.67. The first-order valence-electron chi connectivity index (χ1n) is 3.79. The highest BCUT2D eigenvalue weighted by atomic mass is 79.9. The third-order valence-corrected chi connectivity index (χ3v) is 2.09. The van der Waals surface area contributed by atoms with Gasteiger partial charge in [0.05, 0.1) is 11.0 Å². The van der Waals surface area contributed by atoms with Gasteiger partial charge in [0, 0.05) is 6.20 Å². The average molecular weight is 256 g/mol. The van der Waals surface area contributed by atoms with Crippen molar-refractivity contribution >= 4 is 15.9 Å². The molecule has 72 valence electrons. The first kappa shape index (κ1) is 9.22. The quantitative estimate of drug-likeness (QED) is 0.852. The van der Waals surface area contributed by atoms with Crippen LogP contribution in [0.3, 0.4) is 0 Å². The fraction of sp³-hybridized carbons (Fsp3) is 0.143. The summed E-state index contributed by atoms with van der Waals surface area (Å²) in [6.07, 6.45) is 3.01. The van der Waals surface area contributed by atoms with Gasteiger partial charge in [0.2, 0.25) is 5.89 Å². The lowest BCUT2D eigenvalue weighted by molar-refractivity contribution is 0.507. The lowest BCUT2D eigenvalue weighted by Gasteiger charge is -1.94. The zero-order valence-corrected chi connectivity index (χ0v) is 8.60. The molecule has 2 aromatic rings. The van der Waals surface area contributed by atoms with E-state index in [4.69, 9.17) is 10.2 Å². The van der Waals surface area contributed by atoms with Crippen molar-refractivity contribution in [2.24, 2.45) is 5.73 Å². The van der Waals surface area contributed by atoms with Crippen molar-refractivity contribution in [3.05, 3.63) is 22.9 Å². The van der Waals surface area contributed by atoms with E-state index < -0.39 is 0 Å². The predicted molar refractivity (Wildman–Crippen MR) is 50.9 cm³/mol. The van der Waals surface area contributed by atoms with E-state index >= 15 is 0 Å². The Hall–Kier alpha value is -1.34. The van der Waals surface area contributed by atoms with Crippen LogP contribution in [0.1, 0.15) is 5.89 Å². The van der Waals surface area contributed by atoms with E-state index in [2.05, 4.69) is 36.1 Å². The molecule has 0 aliphatic rings. The summed E-state index contributed by atoms with van der Waals surface area (Å²) in [5.41, 5.74) is 5.90. The van der Waals surface area contributed by atoms with E-state index in [0.29, 0.717) is 21.9 Å². The molecule has 0 fully saturated rings. The van der Waals surface area contributed by atoms with Crippen molar-refractivity contribution in [3.63, 3.8) is 0 Å². The van der Waals surface area contributed by atoms with Gasteiger partial charge in [-0.2, -0.15) is 0 Å². The standard InChI is InChI=1S/C7H6BrN5O/c8-4-2-10-3-11-6(4)7-13-12-5(1-9)14-7/h2-3H,1,9H2. The van der Waals surface area contributed by atoms with Crippen molar-refractivity contribution in [1.82, 2.24) is 20.2 Å². The number of rotatable bonds is 2. The molecular formula is C7H6BrN5O. The SMILES string of the molecule is NCc1nnc(-c2ncncc2Br)o1. The summed E-state index contributed by atoms with van der Waals surface area (Å²) in [6, 6.07) is 0. The Morgan fingerprint density at radius 2 is 2.29 bits per heavy atom. The molecule has 0 spiro atoms. The lowest BCUT2D eigenvalue weighted by atomic mass is 10.4. The van der Waals surface area contributed by atoms with Crippen LogP contribution in [0, 0.1) is 0 Å². The van der Waals surface area contributed by atoms with E-state index in [9.17, 15) is 0 Å². The van der Waals surface area contributed by atoms with Crippen molar-refractivity contribution in [1.29, 1.82) is 0 Å². The summed E-state index contributed by atoms with van der Waals surface area (Å²) in [6.45, 7) is 0.218. The molecule has 0 aliphatic heterocycles. The molecule has 2 heterocycles. The van der Waals surface area contributed by atoms with Gasteiger partial charge < -0.3 is 10.2 Å². The molecule has 2 rings (SSSR count). The molecule has 0 saturated heterocycles. The Balaban J connectivity index is 2.44. The largest absolute Gasteiger partial charge is 0.418 e. The summed E-state index contributed by atoms with van der Waals surface area (Å²) >= 11 is 3.28. The van der Waals surface area contributed by atoms with Crippen LogP contribution in [-0.2, 0) is 6.54 Å². The molecule has 6 nitrogen and oxygen atoms in total. The highest BCUT2D eigenvalue weighted by Gasteiger charge is 2.11. The first-order chi connectivity index (χ1) is 6.81. The number of halogens is 1. The molecule has 0 bridgehead atoms. The number of nitrogens with two attached hydrogens (primary N) is 1. The molecule has 7 heteroatoms. The maximum Gasteiger partial charge on any atom is 0.267 e. The smallest absolute Gasteiger partial charge is 0.267 e. The Labute approximate surface area is 87.7 Å². The minimum atomic E-state index is 0.218. The first-order valence-corrected chi connectivity index (χ1v) is 4.59. The van der Waals surface area contributed by atoms with E-state index in [-0.39, 0.29) is 6.54 Å². The van der Waals surface area contributed by atoms with Crippen LogP contribution in [0.5, 0.6) is 0 Å². The zero-order chi connectivity index (χ0) is 9.97. The molecule has 14 heavy (non-hydrogen) atoms. The Morgan fingerprint density at radius 1 is 1.43 bits per heavy atom. The van der Waals surface area contributed by atoms with Crippen molar-refractivity contribution in [2.45, 2.75) is 6.54 Å². The Bertz CT molecular complexity index is 443. The van der Waals surface area contributed by atoms with Gasteiger partial charge in [-0.15, -0.1) is 10.2 Å². The summed E-state index contributed by atoms with van der Waals surface area (Å²) in [7, 11) is 0. The number of hydrogen-bond acceptors (Lipinski definition) is 6. The van der Waals surface area contributed by atoms with E-state index in [0.717, 1.165) is 0 Å². The van der Waals surface area contributed by atoms with Gasteiger partial charge in [0.15, 0.2) is 0 Å². The second-order valence-corrected chi connectivity index (χ2v) is 3.28. The third-order valence-electron chi connectivity index (χ3n) is 1.51. The maximum absolute atomic E-state index is 5.34. The molecule has 0 unspecified atom stereocenters. The van der Waals surface area contributed by atoms with Gasteiger partial charge >= 0.3 is 0 Å². The molecule has 0 atom stereocenters. The maximum atomic E-state index is 5.34. The summed E-state index contributed by atoms with van der Waals surface area (Å²) in [5, 5.41) is 7.53. The highest BCUT2D eigenvalue weighted by Crippen LogP contribution is 2.23. The van der Waals surface area contributed by atoms with Gasteiger partial charge in [0.25, 0.3) is 5.89 Å². The van der Waals surface area contributed by atoms with E-state index in [1.165, 1.54) is 6.33 Å². The van der Waals surface area contributed by atoms with E-state index in [1.807, 2.05) is 0 Å². The molecular weight excluding hydrogens is 250 g/mol. The summed E-state index contributed by atoms with van der Waals surface area (Å²) < 4.78 is 5.93. The van der Waals surface area contributed by atoms with Crippen LogP contribution in [0.15, 0.2) is 21.4 Å². The minimum Gasteiger partial charge on any atom is -0.418 e. The van der Waals surface area contributed by atoms with Crippen molar-refractivity contribution < 1.29 is 4.42 Å². The topological polar surface area (TPSA) is 90.7 Å². The van der Waals surface area contributed by atoms with Gasteiger partial charge in [-0.25, -0.2) is 9.97 Å². The van der Waals surface area contributed by atoms with Crippen LogP contribution < -0.4 is 5.73 Å². The van der Waals surface area contributed by atoms with Crippen LogP contribution in [-0.4, -0.2) is 20.2 Å². The number of nitrogens with zero attached hydrogens (tertiary/aromatic N) is 4. The molecule has 2 N–H and O–H groups in total. The number of hydrogen-bond donors (Lipinski definition) is 1. The molecule has 0 radical (unpaired) electrons. The second-order valence-electron chi connectivity index (χ2n) is 2.42. The summed E-state index contributed by atoms with van der Waals surface area (Å²) in [4.78, 5) is 7.83. The second kappa shape index (κ2) is 3.81. The summed E-state index contributed by atoms with van der Waals surface area (Å²) in [5.74, 6) is 0.713. The predicted octanol–water partition coefficient (Wildman–Crippen LogP) is 0.748. The highest BCUT2D eigenvalue weighted by molar-refractivity contribution is 9.10. The monoisotopic (exact) mass is 255 g/mol. The van der Waals surface area contributed by atoms with Crippen LogP contribution in [0.25, 0.3) is 11.6 Å². The number of aromatic nitrogens is 4. The normalized spacial score (nSPS) is 10.4. The van der Waals surface area contributed by atoms with Gasteiger partial charge in [-0.1, -0.05) is 0 Å². The zero-order valence-electron chi connectivity index (χ0n) is 7.01. The Kier molecular flexibility index (Phi) is 2.51. The van der Waals surface area contributed by atoms with Crippen molar-refractivity contribution in [2.75, 3.05) is 0 Å². The molecule has 2 aromatic heterocycles. The molecule has 0 aliphatic carbocycles. The Morgan fingerprint density at radius 3 is 2.93 bits per heavy atom.